The number of carbonyl (C=O) groups excluding carboxylic acids is 1. The van der Waals surface area contributed by atoms with E-state index in [9.17, 15) is 14.4 Å². The number of aromatic nitrogens is 6. The maximum atomic E-state index is 12.0. The highest BCUT2D eigenvalue weighted by molar-refractivity contribution is 5.75. The van der Waals surface area contributed by atoms with E-state index < -0.39 is 11.2 Å². The number of aromatic amines is 1. The Hall–Kier alpha value is -4.28. The van der Waals surface area contributed by atoms with E-state index in [1.165, 1.54) is 16.8 Å². The minimum atomic E-state index is -0.547. The van der Waals surface area contributed by atoms with Crippen LogP contribution in [0, 0.1) is 0 Å². The molecule has 0 unspecified atom stereocenters. The minimum absolute atomic E-state index is 0.0945. The Balaban J connectivity index is 1.29. The summed E-state index contributed by atoms with van der Waals surface area (Å²) < 4.78 is 8.49. The summed E-state index contributed by atoms with van der Waals surface area (Å²) in [7, 11) is 0. The second-order valence-corrected chi connectivity index (χ2v) is 6.58. The summed E-state index contributed by atoms with van der Waals surface area (Å²) in [5, 5.41) is 15.4. The lowest BCUT2D eigenvalue weighted by Gasteiger charge is -2.08. The molecule has 0 saturated carbocycles. The number of carbonyl (C=O) groups is 1. The molecule has 2 N–H and O–H groups in total. The normalized spacial score (nSPS) is 10.8. The smallest absolute Gasteiger partial charge is 0.328 e. The summed E-state index contributed by atoms with van der Waals surface area (Å²) in [6.07, 6.45) is 1.45. The molecule has 0 aliphatic heterocycles. The fourth-order valence-corrected chi connectivity index (χ4v) is 2.89. The molecule has 11 nitrogen and oxygen atoms in total. The van der Waals surface area contributed by atoms with Gasteiger partial charge in [-0.1, -0.05) is 30.3 Å². The third-order valence-electron chi connectivity index (χ3n) is 4.42. The molecule has 3 aromatic heterocycles. The maximum absolute atomic E-state index is 12.0. The first-order valence-corrected chi connectivity index (χ1v) is 9.57. The number of aryl methyl sites for hydroxylation is 1. The number of benzene rings is 1. The van der Waals surface area contributed by atoms with Gasteiger partial charge in [0.05, 0.1) is 6.54 Å². The fraction of sp³-hybridized carbons (Fsp3) is 0.200. The van der Waals surface area contributed by atoms with Crippen LogP contribution in [0.4, 0.5) is 0 Å². The SMILES string of the molecule is O=C(CCn1ccc(=O)[nH]c1=O)NCCOc1ccc2nnc(-c3ccccc3)n2n1. The summed E-state index contributed by atoms with van der Waals surface area (Å²) in [6, 6.07) is 14.2. The largest absolute Gasteiger partial charge is 0.475 e. The van der Waals surface area contributed by atoms with Crippen molar-refractivity contribution in [2.75, 3.05) is 13.2 Å². The predicted octanol–water partition coefficient (Wildman–Crippen LogP) is 0.227. The number of nitrogens with zero attached hydrogens (tertiary/aromatic N) is 5. The van der Waals surface area contributed by atoms with Crippen molar-refractivity contribution in [3.63, 3.8) is 0 Å². The van der Waals surface area contributed by atoms with Crippen molar-refractivity contribution in [3.8, 4) is 17.3 Å². The van der Waals surface area contributed by atoms with E-state index in [-0.39, 0.29) is 32.0 Å². The third kappa shape index (κ3) is 4.83. The molecule has 0 spiro atoms. The average Bonchev–Trinajstić information content (AvgIpc) is 3.20. The molecule has 1 amide bonds. The van der Waals surface area contributed by atoms with Crippen LogP contribution in [0.15, 0.2) is 64.3 Å². The molecule has 1 aromatic carbocycles. The molecule has 4 aromatic rings. The Morgan fingerprint density at radius 1 is 1.06 bits per heavy atom. The van der Waals surface area contributed by atoms with E-state index >= 15 is 0 Å². The number of ether oxygens (including phenoxy) is 1. The number of amides is 1. The summed E-state index contributed by atoms with van der Waals surface area (Å²) >= 11 is 0. The molecule has 158 valence electrons. The molecule has 0 aliphatic rings. The van der Waals surface area contributed by atoms with Crippen LogP contribution >= 0.6 is 0 Å². The first-order valence-electron chi connectivity index (χ1n) is 9.57. The lowest BCUT2D eigenvalue weighted by Crippen LogP contribution is -2.32. The van der Waals surface area contributed by atoms with Gasteiger partial charge in [-0.15, -0.1) is 15.3 Å². The summed E-state index contributed by atoms with van der Waals surface area (Å²) in [5.41, 5.74) is 0.455. The summed E-state index contributed by atoms with van der Waals surface area (Å²) in [6.45, 7) is 0.648. The van der Waals surface area contributed by atoms with Gasteiger partial charge in [0, 0.05) is 36.9 Å². The molecule has 3 heterocycles. The highest BCUT2D eigenvalue weighted by atomic mass is 16.5. The summed E-state index contributed by atoms with van der Waals surface area (Å²) in [5.74, 6) is 0.737. The van der Waals surface area contributed by atoms with Gasteiger partial charge in [-0.25, -0.2) is 4.79 Å². The topological polar surface area (TPSA) is 136 Å². The van der Waals surface area contributed by atoms with Crippen molar-refractivity contribution in [1.29, 1.82) is 0 Å². The first kappa shape index (κ1) is 20.0. The number of hydrogen-bond donors (Lipinski definition) is 2. The Bertz CT molecular complexity index is 1310. The third-order valence-corrected chi connectivity index (χ3v) is 4.42. The van der Waals surface area contributed by atoms with Crippen LogP contribution in [0.5, 0.6) is 5.88 Å². The number of H-pyrrole nitrogens is 1. The number of rotatable bonds is 8. The Morgan fingerprint density at radius 2 is 1.90 bits per heavy atom. The van der Waals surface area contributed by atoms with E-state index in [1.54, 1.807) is 16.6 Å². The Kier molecular flexibility index (Phi) is 5.83. The Morgan fingerprint density at radius 3 is 2.71 bits per heavy atom. The summed E-state index contributed by atoms with van der Waals surface area (Å²) in [4.78, 5) is 36.7. The van der Waals surface area contributed by atoms with Crippen LogP contribution in [0.1, 0.15) is 6.42 Å². The van der Waals surface area contributed by atoms with Gasteiger partial charge in [0.25, 0.3) is 5.56 Å². The standard InChI is InChI=1S/C20H19N7O4/c28-16(8-11-26-12-9-17(29)22-20(26)30)21-10-13-31-18-7-6-15-23-24-19(27(15)25-18)14-4-2-1-3-5-14/h1-7,9,12H,8,10-11,13H2,(H,21,28)(H,22,29,30). The quantitative estimate of drug-likeness (QED) is 0.389. The van der Waals surface area contributed by atoms with E-state index in [0.717, 1.165) is 5.56 Å². The maximum Gasteiger partial charge on any atom is 0.328 e. The van der Waals surface area contributed by atoms with Gasteiger partial charge in [-0.05, 0) is 6.07 Å². The van der Waals surface area contributed by atoms with Gasteiger partial charge in [0.2, 0.25) is 11.8 Å². The number of hydrogen-bond acceptors (Lipinski definition) is 7. The van der Waals surface area contributed by atoms with E-state index in [2.05, 4.69) is 25.6 Å². The van der Waals surface area contributed by atoms with Crippen molar-refractivity contribution in [1.82, 2.24) is 34.7 Å². The second kappa shape index (κ2) is 9.03. The van der Waals surface area contributed by atoms with Crippen molar-refractivity contribution < 1.29 is 9.53 Å². The highest BCUT2D eigenvalue weighted by Crippen LogP contribution is 2.18. The fourth-order valence-electron chi connectivity index (χ4n) is 2.89. The number of nitrogens with one attached hydrogen (secondary N) is 2. The van der Waals surface area contributed by atoms with E-state index in [1.807, 2.05) is 30.3 Å². The average molecular weight is 421 g/mol. The van der Waals surface area contributed by atoms with Crippen LogP contribution in [0.25, 0.3) is 17.0 Å². The molecular weight excluding hydrogens is 402 g/mol. The zero-order chi connectivity index (χ0) is 21.6. The molecule has 0 atom stereocenters. The van der Waals surface area contributed by atoms with Gasteiger partial charge in [0.1, 0.15) is 6.61 Å². The molecule has 31 heavy (non-hydrogen) atoms. The van der Waals surface area contributed by atoms with Crippen molar-refractivity contribution in [2.24, 2.45) is 0 Å². The molecule has 0 radical (unpaired) electrons. The van der Waals surface area contributed by atoms with Gasteiger partial charge in [0.15, 0.2) is 11.5 Å². The number of fused-ring (bicyclic) bond motifs is 1. The molecule has 0 bridgehead atoms. The van der Waals surface area contributed by atoms with Crippen LogP contribution < -0.4 is 21.3 Å². The van der Waals surface area contributed by atoms with Gasteiger partial charge < -0.3 is 14.6 Å². The van der Waals surface area contributed by atoms with Crippen LogP contribution in [-0.4, -0.2) is 48.4 Å². The zero-order valence-electron chi connectivity index (χ0n) is 16.4. The van der Waals surface area contributed by atoms with Crippen molar-refractivity contribution in [3.05, 3.63) is 75.6 Å². The van der Waals surface area contributed by atoms with Crippen LogP contribution in [-0.2, 0) is 11.3 Å². The molecule has 11 heteroatoms. The first-order chi connectivity index (χ1) is 15.1. The predicted molar refractivity (Wildman–Crippen MR) is 111 cm³/mol. The lowest BCUT2D eigenvalue weighted by molar-refractivity contribution is -0.121. The van der Waals surface area contributed by atoms with E-state index in [0.29, 0.717) is 17.4 Å². The second-order valence-electron chi connectivity index (χ2n) is 6.58. The molecule has 0 aliphatic carbocycles. The van der Waals surface area contributed by atoms with Crippen molar-refractivity contribution >= 4 is 11.6 Å². The molecule has 4 rings (SSSR count). The minimum Gasteiger partial charge on any atom is -0.475 e. The van der Waals surface area contributed by atoms with Gasteiger partial charge >= 0.3 is 5.69 Å². The van der Waals surface area contributed by atoms with Crippen LogP contribution in [0.3, 0.4) is 0 Å². The van der Waals surface area contributed by atoms with Crippen LogP contribution in [0.2, 0.25) is 0 Å². The Labute approximate surface area is 175 Å². The van der Waals surface area contributed by atoms with Crippen molar-refractivity contribution in [2.45, 2.75) is 13.0 Å². The zero-order valence-corrected chi connectivity index (χ0v) is 16.4. The molecule has 0 fully saturated rings. The monoisotopic (exact) mass is 421 g/mol. The van der Waals surface area contributed by atoms with E-state index in [4.69, 9.17) is 4.74 Å². The van der Waals surface area contributed by atoms with Gasteiger partial charge in [-0.2, -0.15) is 4.52 Å². The van der Waals surface area contributed by atoms with Gasteiger partial charge in [-0.3, -0.25) is 14.6 Å². The molecular formula is C20H19N7O4. The lowest BCUT2D eigenvalue weighted by atomic mass is 10.2. The highest BCUT2D eigenvalue weighted by Gasteiger charge is 2.10. The molecule has 0 saturated heterocycles.